The van der Waals surface area contributed by atoms with Gasteiger partial charge in [0.2, 0.25) is 0 Å². The monoisotopic (exact) mass is 1140 g/mol. The van der Waals surface area contributed by atoms with Crippen molar-refractivity contribution >= 4 is 112 Å². The Morgan fingerprint density at radius 1 is 0.318 bits per heavy atom. The Morgan fingerprint density at radius 2 is 0.716 bits per heavy atom. The molecule has 432 valence electrons. The van der Waals surface area contributed by atoms with Gasteiger partial charge in [0.05, 0.1) is 27.8 Å². The first-order valence-corrected chi connectivity index (χ1v) is 31.4. The number of nitrogens with one attached hydrogen (secondary N) is 1. The highest BCUT2D eigenvalue weighted by Crippen LogP contribution is 2.48. The average Bonchev–Trinajstić information content (AvgIpc) is 0.833. The first kappa shape index (κ1) is 55.1. The molecule has 2 aliphatic rings. The summed E-state index contributed by atoms with van der Waals surface area (Å²) in [5.41, 5.74) is 27.2. The van der Waals surface area contributed by atoms with Crippen LogP contribution in [0.5, 0.6) is 0 Å². The van der Waals surface area contributed by atoms with Crippen LogP contribution < -0.4 is 31.5 Å². The van der Waals surface area contributed by atoms with E-state index >= 15 is 0 Å². The summed E-state index contributed by atoms with van der Waals surface area (Å²) in [6, 6.07) is 89.6. The zero-order valence-corrected chi connectivity index (χ0v) is 52.9. The number of hydrogen-bond donors (Lipinski definition) is 1. The van der Waals surface area contributed by atoms with Gasteiger partial charge in [0.25, 0.3) is 6.71 Å². The number of nitrogens with zero attached hydrogens (tertiary/aromatic N) is 4. The van der Waals surface area contributed by atoms with Gasteiger partial charge in [0.1, 0.15) is 0 Å². The van der Waals surface area contributed by atoms with Crippen LogP contribution in [0.15, 0.2) is 237 Å². The van der Waals surface area contributed by atoms with E-state index in [4.69, 9.17) is 0 Å². The molecule has 0 saturated carbocycles. The fraction of sp³-hybridized carbons (Fsp3) is 0.195. The summed E-state index contributed by atoms with van der Waals surface area (Å²) in [7, 11) is 0. The molecule has 0 fully saturated rings. The molecule has 0 unspecified atom stereocenters. The van der Waals surface area contributed by atoms with Gasteiger partial charge in [-0.3, -0.25) is 0 Å². The number of anilines is 8. The molecule has 0 bridgehead atoms. The van der Waals surface area contributed by atoms with Crippen LogP contribution in [0.2, 0.25) is 0 Å². The van der Waals surface area contributed by atoms with E-state index in [-0.39, 0.29) is 28.4 Å². The molecule has 15 rings (SSSR count). The van der Waals surface area contributed by atoms with Crippen molar-refractivity contribution in [3.8, 4) is 22.5 Å². The van der Waals surface area contributed by atoms with Gasteiger partial charge in [-0.25, -0.2) is 0 Å². The van der Waals surface area contributed by atoms with E-state index in [1.165, 1.54) is 93.4 Å². The van der Waals surface area contributed by atoms with E-state index in [2.05, 4.69) is 344 Å². The predicted octanol–water partition coefficient (Wildman–Crippen LogP) is 20.6. The molecule has 0 spiro atoms. The lowest BCUT2D eigenvalue weighted by molar-refractivity contribution is 0.590. The minimum atomic E-state index is -0.112. The number of para-hydroxylation sites is 2. The SMILES string of the molecule is CC(C)(C)c1ccc2c(c1)c1cc(C(C)(C)C)ccc1n2-c1ccc2c(c1)Nc1cc(N(c3ccccc3)c3ccccc3)cc3c1B2c1ccc(-n2c4ccc(C(C)(C)C)cc4c4cc(C(C)(C)C)ccc42)cc1N3c1ccc(-c2ccccc2)cc1. The first-order chi connectivity index (χ1) is 42.2. The maximum Gasteiger partial charge on any atom is 0.252 e. The van der Waals surface area contributed by atoms with Crippen molar-refractivity contribution in [1.29, 1.82) is 0 Å². The second kappa shape index (κ2) is 20.0. The van der Waals surface area contributed by atoms with Gasteiger partial charge in [-0.05, 0) is 193 Å². The highest BCUT2D eigenvalue weighted by atomic mass is 15.2. The van der Waals surface area contributed by atoms with Crippen LogP contribution in [0, 0.1) is 0 Å². The lowest BCUT2D eigenvalue weighted by Crippen LogP contribution is -2.60. The lowest BCUT2D eigenvalue weighted by atomic mass is 9.33. The summed E-state index contributed by atoms with van der Waals surface area (Å²) in [6.45, 7) is 27.7. The normalized spacial score (nSPS) is 13.3. The maximum atomic E-state index is 4.20. The Kier molecular flexibility index (Phi) is 12.5. The molecule has 4 heterocycles. The summed E-state index contributed by atoms with van der Waals surface area (Å²) in [5, 5.41) is 9.31. The van der Waals surface area contributed by atoms with Gasteiger partial charge in [-0.2, -0.15) is 0 Å². The van der Waals surface area contributed by atoms with Gasteiger partial charge >= 0.3 is 0 Å². The van der Waals surface area contributed by atoms with Crippen molar-refractivity contribution in [3.63, 3.8) is 0 Å². The molecule has 2 aromatic heterocycles. The molecule has 88 heavy (non-hydrogen) atoms. The zero-order valence-electron chi connectivity index (χ0n) is 52.9. The van der Waals surface area contributed by atoms with Crippen LogP contribution in [-0.2, 0) is 21.7 Å². The molecule has 2 aliphatic heterocycles. The van der Waals surface area contributed by atoms with Crippen LogP contribution >= 0.6 is 0 Å². The van der Waals surface area contributed by atoms with Crippen molar-refractivity contribution in [2.75, 3.05) is 15.1 Å². The van der Waals surface area contributed by atoms with E-state index in [0.717, 1.165) is 56.9 Å². The minimum Gasteiger partial charge on any atom is -0.356 e. The Bertz CT molecular complexity index is 4730. The summed E-state index contributed by atoms with van der Waals surface area (Å²) >= 11 is 0. The molecule has 0 radical (unpaired) electrons. The molecule has 11 aromatic carbocycles. The van der Waals surface area contributed by atoms with Gasteiger partial charge in [0.15, 0.2) is 0 Å². The Hall–Kier alpha value is -9.52. The molecule has 0 aliphatic carbocycles. The van der Waals surface area contributed by atoms with E-state index in [9.17, 15) is 0 Å². The topological polar surface area (TPSA) is 28.4 Å². The van der Waals surface area contributed by atoms with Crippen molar-refractivity contribution in [1.82, 2.24) is 9.13 Å². The van der Waals surface area contributed by atoms with E-state index in [1.807, 2.05) is 0 Å². The van der Waals surface area contributed by atoms with Crippen LogP contribution in [0.25, 0.3) is 66.1 Å². The third-order valence-corrected chi connectivity index (χ3v) is 18.9. The molecule has 0 atom stereocenters. The minimum absolute atomic E-state index is 0.00427. The van der Waals surface area contributed by atoms with Crippen LogP contribution in [0.3, 0.4) is 0 Å². The van der Waals surface area contributed by atoms with Crippen molar-refractivity contribution in [2.24, 2.45) is 0 Å². The average molecular weight is 1140 g/mol. The second-order valence-electron chi connectivity index (χ2n) is 28.9. The number of benzene rings is 11. The Labute approximate surface area is 519 Å². The van der Waals surface area contributed by atoms with Crippen LogP contribution in [-0.4, -0.2) is 15.8 Å². The Morgan fingerprint density at radius 3 is 1.16 bits per heavy atom. The van der Waals surface area contributed by atoms with Gasteiger partial charge < -0.3 is 24.3 Å². The fourth-order valence-electron chi connectivity index (χ4n) is 14.0. The molecular weight excluding hydrogens is 1070 g/mol. The molecular formula is C82H76BN5. The molecule has 5 nitrogen and oxygen atoms in total. The Balaban J connectivity index is 1.00. The summed E-state index contributed by atoms with van der Waals surface area (Å²) < 4.78 is 5.02. The smallest absolute Gasteiger partial charge is 0.252 e. The summed E-state index contributed by atoms with van der Waals surface area (Å²) in [5.74, 6) is 0. The van der Waals surface area contributed by atoms with Crippen LogP contribution in [0.4, 0.5) is 45.5 Å². The van der Waals surface area contributed by atoms with Crippen LogP contribution in [0.1, 0.15) is 105 Å². The van der Waals surface area contributed by atoms with Crippen molar-refractivity contribution in [2.45, 2.75) is 105 Å². The van der Waals surface area contributed by atoms with Crippen molar-refractivity contribution in [3.05, 3.63) is 259 Å². The quantitative estimate of drug-likeness (QED) is 0.161. The van der Waals surface area contributed by atoms with E-state index < -0.39 is 0 Å². The summed E-state index contributed by atoms with van der Waals surface area (Å²) in [6.07, 6.45) is 0. The van der Waals surface area contributed by atoms with E-state index in [1.54, 1.807) is 0 Å². The molecule has 1 N–H and O–H groups in total. The highest BCUT2D eigenvalue weighted by Gasteiger charge is 2.42. The molecule has 0 saturated heterocycles. The third kappa shape index (κ3) is 9.13. The third-order valence-electron chi connectivity index (χ3n) is 18.9. The second-order valence-corrected chi connectivity index (χ2v) is 28.9. The van der Waals surface area contributed by atoms with Gasteiger partial charge in [-0.15, -0.1) is 0 Å². The number of rotatable bonds is 7. The fourth-order valence-corrected chi connectivity index (χ4v) is 14.0. The summed E-state index contributed by atoms with van der Waals surface area (Å²) in [4.78, 5) is 4.97. The number of fused-ring (bicyclic) bond motifs is 10. The van der Waals surface area contributed by atoms with Crippen molar-refractivity contribution < 1.29 is 0 Å². The van der Waals surface area contributed by atoms with Gasteiger partial charge in [0, 0.05) is 72.7 Å². The maximum absolute atomic E-state index is 4.20. The molecule has 6 heteroatoms. The highest BCUT2D eigenvalue weighted by molar-refractivity contribution is 7.00. The number of aromatic nitrogens is 2. The predicted molar refractivity (Wildman–Crippen MR) is 379 cm³/mol. The standard InChI is InChI=1S/C82H76BN5/c1-79(2,3)54-30-40-72-64(44-54)65-45-55(80(4,5)6)31-41-73(65)87(72)61-36-38-68-70(48-61)84-71-49-63(85(58-24-18-14-19-25-58)59-26-20-15-21-27-59)51-77-78(71)83(68)69-39-37-62(50-76(69)86(77)60-34-28-53(29-35-60)52-22-16-13-17-23-52)88-74-42-32-56(81(7,8)9)46-66(74)67-47-57(82(10,11)12)33-43-75(67)88/h13-51,84H,1-12H3. The largest absolute Gasteiger partial charge is 0.356 e. The molecule has 0 amide bonds. The molecule has 13 aromatic rings. The lowest BCUT2D eigenvalue weighted by Gasteiger charge is -2.42. The van der Waals surface area contributed by atoms with E-state index in [0.29, 0.717) is 0 Å². The zero-order chi connectivity index (χ0) is 60.8. The first-order valence-electron chi connectivity index (χ1n) is 31.4. The number of hydrogen-bond acceptors (Lipinski definition) is 3. The van der Waals surface area contributed by atoms with Gasteiger partial charge in [-0.1, -0.05) is 198 Å².